The van der Waals surface area contributed by atoms with Crippen LogP contribution in [0, 0.1) is 6.92 Å². The Morgan fingerprint density at radius 2 is 1.94 bits per heavy atom. The van der Waals surface area contributed by atoms with E-state index in [1.54, 1.807) is 4.90 Å². The van der Waals surface area contributed by atoms with Gasteiger partial charge >= 0.3 is 6.09 Å². The molecule has 3 aromatic rings. The number of amides is 1. The summed E-state index contributed by atoms with van der Waals surface area (Å²) in [5.74, 6) is 2.09. The lowest BCUT2D eigenvalue weighted by Gasteiger charge is -2.40. The molecule has 0 saturated carbocycles. The molecule has 10 heteroatoms. The highest BCUT2D eigenvalue weighted by Gasteiger charge is 2.31. The SMILES string of the molecule is CCc1nc(Nc2ccc(N3CCN(C(=O)OC(C)(C)C)[C@@H](C)C3)nn2)cn2cc(C)nc12. The normalized spacial score (nSPS) is 16.8. The van der Waals surface area contributed by atoms with E-state index in [0.29, 0.717) is 31.3 Å². The molecule has 4 rings (SSSR count). The molecular weight excluding hydrogens is 420 g/mol. The smallest absolute Gasteiger partial charge is 0.410 e. The van der Waals surface area contributed by atoms with Crippen LogP contribution in [0.15, 0.2) is 24.5 Å². The molecule has 0 spiro atoms. The lowest BCUT2D eigenvalue weighted by Crippen LogP contribution is -2.55. The van der Waals surface area contributed by atoms with Crippen LogP contribution >= 0.6 is 0 Å². The molecule has 0 radical (unpaired) electrons. The van der Waals surface area contributed by atoms with Gasteiger partial charge in [-0.25, -0.2) is 14.8 Å². The van der Waals surface area contributed by atoms with Crippen molar-refractivity contribution in [2.45, 2.75) is 59.6 Å². The van der Waals surface area contributed by atoms with Gasteiger partial charge in [0, 0.05) is 31.9 Å². The molecule has 1 fully saturated rings. The van der Waals surface area contributed by atoms with Crippen LogP contribution in [0.2, 0.25) is 0 Å². The van der Waals surface area contributed by atoms with Crippen molar-refractivity contribution in [2.75, 3.05) is 29.9 Å². The summed E-state index contributed by atoms with van der Waals surface area (Å²) in [6.45, 7) is 13.6. The molecular formula is C23H32N8O2. The fraction of sp³-hybridized carbons (Fsp3) is 0.522. The molecule has 1 N–H and O–H groups in total. The van der Waals surface area contributed by atoms with Crippen LogP contribution in [-0.4, -0.2) is 66.8 Å². The van der Waals surface area contributed by atoms with Crippen molar-refractivity contribution in [2.24, 2.45) is 0 Å². The molecule has 0 unspecified atom stereocenters. The van der Waals surface area contributed by atoms with Gasteiger partial charge in [-0.2, -0.15) is 0 Å². The number of aryl methyl sites for hydroxylation is 2. The number of carbonyl (C=O) groups is 1. The van der Waals surface area contributed by atoms with Crippen LogP contribution in [0.3, 0.4) is 0 Å². The number of nitrogens with one attached hydrogen (secondary N) is 1. The lowest BCUT2D eigenvalue weighted by molar-refractivity contribution is 0.0158. The Kier molecular flexibility index (Phi) is 6.09. The van der Waals surface area contributed by atoms with Crippen molar-refractivity contribution in [3.63, 3.8) is 0 Å². The van der Waals surface area contributed by atoms with E-state index >= 15 is 0 Å². The Hall–Kier alpha value is -3.43. The molecule has 1 aliphatic rings. The molecule has 3 aromatic heterocycles. The second-order valence-electron chi connectivity index (χ2n) is 9.41. The van der Waals surface area contributed by atoms with E-state index in [4.69, 9.17) is 4.74 Å². The first kappa shape index (κ1) is 22.8. The van der Waals surface area contributed by atoms with Crippen molar-refractivity contribution in [3.8, 4) is 0 Å². The number of fused-ring (bicyclic) bond motifs is 1. The topological polar surface area (TPSA) is 101 Å². The van der Waals surface area contributed by atoms with Gasteiger partial charge in [0.25, 0.3) is 0 Å². The molecule has 1 atom stereocenters. The monoisotopic (exact) mass is 452 g/mol. The van der Waals surface area contributed by atoms with Gasteiger partial charge in [-0.3, -0.25) is 0 Å². The average Bonchev–Trinajstić information content (AvgIpc) is 3.12. The largest absolute Gasteiger partial charge is 0.444 e. The molecule has 1 aliphatic heterocycles. The third-order valence-corrected chi connectivity index (χ3v) is 5.45. The highest BCUT2D eigenvalue weighted by atomic mass is 16.6. The maximum Gasteiger partial charge on any atom is 0.410 e. The van der Waals surface area contributed by atoms with E-state index in [1.807, 2.05) is 63.5 Å². The quantitative estimate of drug-likeness (QED) is 0.641. The fourth-order valence-electron chi connectivity index (χ4n) is 3.93. The van der Waals surface area contributed by atoms with Gasteiger partial charge < -0.3 is 24.3 Å². The molecule has 4 heterocycles. The highest BCUT2D eigenvalue weighted by Crippen LogP contribution is 2.21. The van der Waals surface area contributed by atoms with Crippen LogP contribution in [-0.2, 0) is 11.2 Å². The first-order valence-corrected chi connectivity index (χ1v) is 11.3. The van der Waals surface area contributed by atoms with Crippen molar-refractivity contribution in [3.05, 3.63) is 35.9 Å². The van der Waals surface area contributed by atoms with Crippen molar-refractivity contribution in [1.82, 2.24) is 29.5 Å². The van der Waals surface area contributed by atoms with Crippen LogP contribution in [0.5, 0.6) is 0 Å². The summed E-state index contributed by atoms with van der Waals surface area (Å²) in [4.78, 5) is 25.6. The van der Waals surface area contributed by atoms with Crippen LogP contribution in [0.4, 0.5) is 22.2 Å². The van der Waals surface area contributed by atoms with Gasteiger partial charge in [-0.1, -0.05) is 6.92 Å². The number of rotatable bonds is 4. The number of hydrogen-bond acceptors (Lipinski definition) is 8. The van der Waals surface area contributed by atoms with Gasteiger partial charge in [0.15, 0.2) is 17.3 Å². The number of anilines is 3. The third kappa shape index (κ3) is 5.15. The summed E-state index contributed by atoms with van der Waals surface area (Å²) in [7, 11) is 0. The summed E-state index contributed by atoms with van der Waals surface area (Å²) in [6, 6.07) is 3.84. The molecule has 10 nitrogen and oxygen atoms in total. The average molecular weight is 453 g/mol. The minimum absolute atomic E-state index is 0.00947. The van der Waals surface area contributed by atoms with Gasteiger partial charge in [-0.05, 0) is 53.2 Å². The van der Waals surface area contributed by atoms with Gasteiger partial charge in [0.1, 0.15) is 11.4 Å². The number of carbonyl (C=O) groups excluding carboxylic acids is 1. The summed E-state index contributed by atoms with van der Waals surface area (Å²) in [5, 5.41) is 12.0. The Bertz CT molecular complexity index is 1140. The van der Waals surface area contributed by atoms with E-state index < -0.39 is 5.60 Å². The van der Waals surface area contributed by atoms with Gasteiger partial charge in [0.05, 0.1) is 17.6 Å². The summed E-state index contributed by atoms with van der Waals surface area (Å²) in [6.07, 6.45) is 4.40. The first-order chi connectivity index (χ1) is 15.6. The lowest BCUT2D eigenvalue weighted by atomic mass is 10.2. The summed E-state index contributed by atoms with van der Waals surface area (Å²) in [5.41, 5.74) is 2.25. The predicted molar refractivity (Wildman–Crippen MR) is 127 cm³/mol. The molecule has 0 bridgehead atoms. The van der Waals surface area contributed by atoms with E-state index in [-0.39, 0.29) is 12.1 Å². The van der Waals surface area contributed by atoms with Crippen molar-refractivity contribution in [1.29, 1.82) is 0 Å². The van der Waals surface area contributed by atoms with Gasteiger partial charge in [-0.15, -0.1) is 10.2 Å². The number of ether oxygens (including phenoxy) is 1. The molecule has 176 valence electrons. The zero-order chi connectivity index (χ0) is 23.8. The minimum atomic E-state index is -0.504. The molecule has 1 amide bonds. The van der Waals surface area contributed by atoms with Crippen molar-refractivity contribution >= 4 is 29.2 Å². The van der Waals surface area contributed by atoms with E-state index in [9.17, 15) is 4.79 Å². The molecule has 33 heavy (non-hydrogen) atoms. The van der Waals surface area contributed by atoms with E-state index in [2.05, 4.69) is 37.3 Å². The maximum atomic E-state index is 12.5. The van der Waals surface area contributed by atoms with Crippen LogP contribution < -0.4 is 10.2 Å². The number of aromatic nitrogens is 5. The Morgan fingerprint density at radius 1 is 1.15 bits per heavy atom. The number of imidazole rings is 1. The second kappa shape index (κ2) is 8.84. The first-order valence-electron chi connectivity index (χ1n) is 11.3. The molecule has 1 saturated heterocycles. The highest BCUT2D eigenvalue weighted by molar-refractivity contribution is 5.69. The number of nitrogens with zero attached hydrogens (tertiary/aromatic N) is 7. The number of piperazine rings is 1. The molecule has 0 aliphatic carbocycles. The second-order valence-corrected chi connectivity index (χ2v) is 9.41. The van der Waals surface area contributed by atoms with Crippen LogP contribution in [0.1, 0.15) is 46.0 Å². The minimum Gasteiger partial charge on any atom is -0.444 e. The maximum absolute atomic E-state index is 12.5. The fourth-order valence-corrected chi connectivity index (χ4v) is 3.93. The standard InChI is InChI=1S/C23H32N8O2/c1-7-17-21-24-15(2)12-30(21)14-19(25-17)26-18-8-9-20(28-27-18)29-10-11-31(16(3)13-29)22(32)33-23(4,5)6/h8-9,12,14,16H,7,10-11,13H2,1-6H3,(H,26,27)/t16-/m0/s1. The Labute approximate surface area is 194 Å². The zero-order valence-electron chi connectivity index (χ0n) is 20.2. The van der Waals surface area contributed by atoms with Gasteiger partial charge in [0.2, 0.25) is 0 Å². The van der Waals surface area contributed by atoms with Crippen LogP contribution in [0.25, 0.3) is 5.65 Å². The summed E-state index contributed by atoms with van der Waals surface area (Å²) >= 11 is 0. The predicted octanol–water partition coefficient (Wildman–Crippen LogP) is 3.58. The van der Waals surface area contributed by atoms with E-state index in [1.165, 1.54) is 0 Å². The third-order valence-electron chi connectivity index (χ3n) is 5.45. The molecule has 0 aromatic carbocycles. The Morgan fingerprint density at radius 3 is 2.58 bits per heavy atom. The van der Waals surface area contributed by atoms with E-state index in [0.717, 1.165) is 29.3 Å². The number of hydrogen-bond donors (Lipinski definition) is 1. The summed E-state index contributed by atoms with van der Waals surface area (Å²) < 4.78 is 7.51. The van der Waals surface area contributed by atoms with Crippen molar-refractivity contribution < 1.29 is 9.53 Å². The zero-order valence-corrected chi connectivity index (χ0v) is 20.2. The Balaban J connectivity index is 1.42.